The van der Waals surface area contributed by atoms with Gasteiger partial charge in [0.1, 0.15) is 0 Å². The molecule has 1 aromatic heterocycles. The Kier molecular flexibility index (Phi) is 11.8. The summed E-state index contributed by atoms with van der Waals surface area (Å²) in [5.74, 6) is 1.07. The molecule has 33 heavy (non-hydrogen) atoms. The maximum atomic E-state index is 6.04. The molecule has 0 fully saturated rings. The van der Waals surface area contributed by atoms with E-state index in [-0.39, 0.29) is 0 Å². The van der Waals surface area contributed by atoms with Gasteiger partial charge < -0.3 is 10.2 Å². The van der Waals surface area contributed by atoms with Crippen LogP contribution in [-0.4, -0.2) is 30.0 Å². The fourth-order valence-corrected chi connectivity index (χ4v) is 3.61. The number of rotatable bonds is 9. The number of nitrogens with zero attached hydrogens (tertiary/aromatic N) is 4. The molecule has 0 radical (unpaired) electrons. The summed E-state index contributed by atoms with van der Waals surface area (Å²) in [7, 11) is 0. The predicted molar refractivity (Wildman–Crippen MR) is 146 cm³/mol. The number of amidine groups is 1. The Morgan fingerprint density at radius 3 is 2.55 bits per heavy atom. The largest absolute Gasteiger partial charge is 0.391 e. The first-order chi connectivity index (χ1) is 16.1. The predicted octanol–water partition coefficient (Wildman–Crippen LogP) is 6.15. The van der Waals surface area contributed by atoms with Crippen LogP contribution in [0.1, 0.15) is 23.1 Å². The minimum atomic E-state index is 0.428. The Morgan fingerprint density at radius 1 is 1.15 bits per heavy atom. The van der Waals surface area contributed by atoms with Crippen molar-refractivity contribution in [3.63, 3.8) is 0 Å². The number of hydrogen-bond donors (Lipinski definition) is 2. The molecule has 0 saturated heterocycles. The maximum Gasteiger partial charge on any atom is 0.163 e. The van der Waals surface area contributed by atoms with Gasteiger partial charge in [0.15, 0.2) is 5.84 Å². The van der Waals surface area contributed by atoms with Gasteiger partial charge in [0, 0.05) is 41.9 Å². The summed E-state index contributed by atoms with van der Waals surface area (Å²) in [6.45, 7) is 10.2. The number of benzene rings is 2. The first-order valence-electron chi connectivity index (χ1n) is 10.6. The highest BCUT2D eigenvalue weighted by Gasteiger charge is 2.15. The van der Waals surface area contributed by atoms with Gasteiger partial charge in [0.25, 0.3) is 0 Å². The molecule has 0 aliphatic carbocycles. The third kappa shape index (κ3) is 8.75. The number of aromatic nitrogens is 1. The highest BCUT2D eigenvalue weighted by Crippen LogP contribution is 2.22. The van der Waals surface area contributed by atoms with Crippen LogP contribution in [0.2, 0.25) is 5.02 Å². The molecule has 1 heterocycles. The molecule has 0 saturated carbocycles. The number of hydrogen-bond acceptors (Lipinski definition) is 5. The SMILES string of the molecule is C=CNCCCc1ccccc1C.C=N/N=C(/c1ccncc1)N(CS)c1cccc(Cl)c1. The normalized spacial score (nSPS) is 10.6. The molecule has 1 N–H and O–H groups in total. The monoisotopic (exact) mass is 479 g/mol. The Balaban J connectivity index is 0.000000257. The van der Waals surface area contributed by atoms with E-state index < -0.39 is 0 Å². The van der Waals surface area contributed by atoms with Crippen molar-refractivity contribution in [1.29, 1.82) is 0 Å². The molecule has 0 spiro atoms. The van der Waals surface area contributed by atoms with Crippen molar-refractivity contribution in [3.8, 4) is 0 Å². The van der Waals surface area contributed by atoms with E-state index in [4.69, 9.17) is 11.6 Å². The van der Waals surface area contributed by atoms with Gasteiger partial charge in [-0.3, -0.25) is 4.98 Å². The Labute approximate surface area is 207 Å². The second-order valence-corrected chi connectivity index (χ2v) is 7.76. The lowest BCUT2D eigenvalue weighted by atomic mass is 10.0. The molecule has 0 atom stereocenters. The van der Waals surface area contributed by atoms with Crippen molar-refractivity contribution in [1.82, 2.24) is 10.3 Å². The van der Waals surface area contributed by atoms with E-state index in [2.05, 4.69) is 77.6 Å². The molecule has 0 aliphatic heterocycles. The van der Waals surface area contributed by atoms with Crippen LogP contribution in [0.4, 0.5) is 5.69 Å². The van der Waals surface area contributed by atoms with Crippen molar-refractivity contribution in [2.24, 2.45) is 10.2 Å². The molecule has 172 valence electrons. The van der Waals surface area contributed by atoms with E-state index in [0.717, 1.165) is 30.6 Å². The molecular formula is C26H30ClN5S. The molecule has 5 nitrogen and oxygen atoms in total. The molecule has 2 aromatic carbocycles. The van der Waals surface area contributed by atoms with E-state index in [0.29, 0.717) is 16.7 Å². The lowest BCUT2D eigenvalue weighted by Gasteiger charge is -2.23. The van der Waals surface area contributed by atoms with Crippen molar-refractivity contribution in [3.05, 3.63) is 108 Å². The summed E-state index contributed by atoms with van der Waals surface area (Å²) in [5, 5.41) is 11.5. The summed E-state index contributed by atoms with van der Waals surface area (Å²) >= 11 is 10.4. The van der Waals surface area contributed by atoms with Crippen LogP contribution in [0, 0.1) is 6.92 Å². The number of thiol groups is 1. The van der Waals surface area contributed by atoms with E-state index in [9.17, 15) is 0 Å². The van der Waals surface area contributed by atoms with E-state index in [1.54, 1.807) is 18.6 Å². The van der Waals surface area contributed by atoms with Crippen LogP contribution in [0.5, 0.6) is 0 Å². The topological polar surface area (TPSA) is 52.9 Å². The lowest BCUT2D eigenvalue weighted by Crippen LogP contribution is -2.30. The maximum absolute atomic E-state index is 6.04. The molecule has 7 heteroatoms. The molecular weight excluding hydrogens is 450 g/mol. The third-order valence-electron chi connectivity index (χ3n) is 4.79. The minimum absolute atomic E-state index is 0.428. The van der Waals surface area contributed by atoms with Crippen LogP contribution >= 0.6 is 24.2 Å². The Bertz CT molecular complexity index is 1040. The summed E-state index contributed by atoms with van der Waals surface area (Å²) in [4.78, 5) is 5.89. The van der Waals surface area contributed by atoms with Crippen molar-refractivity contribution >= 4 is 42.5 Å². The van der Waals surface area contributed by atoms with Crippen molar-refractivity contribution in [2.75, 3.05) is 17.3 Å². The lowest BCUT2D eigenvalue weighted by molar-refractivity contribution is 0.750. The van der Waals surface area contributed by atoms with Crippen molar-refractivity contribution in [2.45, 2.75) is 19.8 Å². The van der Waals surface area contributed by atoms with Gasteiger partial charge in [-0.25, -0.2) is 0 Å². The number of nitrogens with one attached hydrogen (secondary N) is 1. The summed E-state index contributed by atoms with van der Waals surface area (Å²) in [5.41, 5.74) is 4.60. The zero-order valence-electron chi connectivity index (χ0n) is 18.9. The Morgan fingerprint density at radius 2 is 1.91 bits per heavy atom. The van der Waals surface area contributed by atoms with Gasteiger partial charge in [-0.05, 0) is 67.4 Å². The van der Waals surface area contributed by atoms with E-state index in [1.165, 1.54) is 11.1 Å². The number of pyridine rings is 1. The number of anilines is 1. The summed E-state index contributed by atoms with van der Waals surface area (Å²) < 4.78 is 0. The molecule has 3 aromatic rings. The van der Waals surface area contributed by atoms with Crippen LogP contribution in [0.3, 0.4) is 0 Å². The zero-order chi connectivity index (χ0) is 23.9. The second-order valence-electron chi connectivity index (χ2n) is 7.04. The molecule has 3 rings (SSSR count). The van der Waals surface area contributed by atoms with Crippen LogP contribution in [-0.2, 0) is 6.42 Å². The van der Waals surface area contributed by atoms with Crippen LogP contribution in [0.15, 0.2) is 96.0 Å². The van der Waals surface area contributed by atoms with E-state index in [1.807, 2.05) is 41.3 Å². The molecule has 0 unspecified atom stereocenters. The van der Waals surface area contributed by atoms with Gasteiger partial charge in [-0.1, -0.05) is 48.5 Å². The van der Waals surface area contributed by atoms with Gasteiger partial charge in [0.2, 0.25) is 0 Å². The fourth-order valence-electron chi connectivity index (χ4n) is 3.12. The van der Waals surface area contributed by atoms with Gasteiger partial charge in [-0.15, -0.1) is 5.10 Å². The zero-order valence-corrected chi connectivity index (χ0v) is 20.5. The van der Waals surface area contributed by atoms with Crippen LogP contribution in [0.25, 0.3) is 0 Å². The van der Waals surface area contributed by atoms with Crippen LogP contribution < -0.4 is 10.2 Å². The van der Waals surface area contributed by atoms with Gasteiger partial charge in [-0.2, -0.15) is 17.7 Å². The molecule has 0 aliphatic rings. The Hall–Kier alpha value is -3.09. The minimum Gasteiger partial charge on any atom is -0.391 e. The first kappa shape index (κ1) is 26.2. The number of aryl methyl sites for hydroxylation is 2. The van der Waals surface area contributed by atoms with E-state index >= 15 is 0 Å². The number of halogens is 1. The highest BCUT2D eigenvalue weighted by atomic mass is 35.5. The van der Waals surface area contributed by atoms with Crippen molar-refractivity contribution < 1.29 is 0 Å². The van der Waals surface area contributed by atoms with Gasteiger partial charge in [0.05, 0.1) is 5.88 Å². The van der Waals surface area contributed by atoms with Gasteiger partial charge >= 0.3 is 0 Å². The average Bonchev–Trinajstić information content (AvgIpc) is 2.84. The first-order valence-corrected chi connectivity index (χ1v) is 11.6. The fraction of sp³-hybridized carbons (Fsp3) is 0.192. The second kappa shape index (κ2) is 14.9. The summed E-state index contributed by atoms with van der Waals surface area (Å²) in [6, 6.07) is 19.7. The quantitative estimate of drug-likeness (QED) is 0.0965. The molecule has 0 bridgehead atoms. The average molecular weight is 480 g/mol. The standard InChI is InChI=1S/C14H13ClN4S.C12H17N/c1-16-18-14(11-5-7-17-8-6-11)19(10-20)13-4-2-3-12(15)9-13;1-3-13-10-6-9-12-8-5-4-7-11(12)2/h2-9,20H,1,10H2;3-5,7-8,13H,1,6,9-10H2,2H3/b18-14-;. The third-order valence-corrected chi connectivity index (χ3v) is 5.31. The highest BCUT2D eigenvalue weighted by molar-refractivity contribution is 7.80. The summed E-state index contributed by atoms with van der Waals surface area (Å²) in [6.07, 6.45) is 7.45. The smallest absolute Gasteiger partial charge is 0.163 e. The molecule has 0 amide bonds.